The number of nitrogens with zero attached hydrogens (tertiary/aromatic N) is 3. The van der Waals surface area contributed by atoms with Gasteiger partial charge in [0, 0.05) is 31.3 Å². The molecule has 0 unspecified atom stereocenters. The van der Waals surface area contributed by atoms with Crippen molar-refractivity contribution in [3.05, 3.63) is 152 Å². The van der Waals surface area contributed by atoms with Crippen LogP contribution in [0.5, 0.6) is 0 Å². The number of benzene rings is 7. The second-order valence-corrected chi connectivity index (χ2v) is 12.8. The molecule has 0 N–H and O–H groups in total. The van der Waals surface area contributed by atoms with Crippen molar-refractivity contribution in [1.82, 2.24) is 14.4 Å². The lowest BCUT2D eigenvalue weighted by atomic mass is 9.87. The normalized spacial score (nSPS) is 11.9. The molecule has 0 aliphatic heterocycles. The van der Waals surface area contributed by atoms with E-state index in [0.29, 0.717) is 5.78 Å². The zero-order chi connectivity index (χ0) is 30.2. The van der Waals surface area contributed by atoms with Gasteiger partial charge < -0.3 is 0 Å². The van der Waals surface area contributed by atoms with E-state index in [1.165, 1.54) is 52.8 Å². The monoisotopic (exact) mass is 603 g/mol. The first-order valence-corrected chi connectivity index (χ1v) is 16.3. The third kappa shape index (κ3) is 3.65. The Morgan fingerprint density at radius 2 is 1.09 bits per heavy atom. The zero-order valence-electron chi connectivity index (χ0n) is 24.7. The number of hydrogen-bond acceptors (Lipinski definition) is 3. The van der Waals surface area contributed by atoms with Gasteiger partial charge in [-0.2, -0.15) is 0 Å². The number of imidazole rings is 1. The van der Waals surface area contributed by atoms with Gasteiger partial charge in [-0.25, -0.2) is 9.97 Å². The molecule has 0 bridgehead atoms. The van der Waals surface area contributed by atoms with Gasteiger partial charge in [-0.05, 0) is 56.9 Å². The number of rotatable bonds is 3. The fourth-order valence-corrected chi connectivity index (χ4v) is 8.47. The molecule has 0 amide bonds. The Balaban J connectivity index is 1.34. The van der Waals surface area contributed by atoms with Gasteiger partial charge in [-0.1, -0.05) is 127 Å². The maximum atomic E-state index is 5.30. The van der Waals surface area contributed by atoms with Gasteiger partial charge in [0.2, 0.25) is 5.78 Å². The Morgan fingerprint density at radius 1 is 0.478 bits per heavy atom. The molecule has 0 fully saturated rings. The molecule has 10 rings (SSSR count). The minimum Gasteiger partial charge on any atom is -0.276 e. The maximum absolute atomic E-state index is 5.30. The highest BCUT2D eigenvalue weighted by molar-refractivity contribution is 7.26. The molecule has 0 radical (unpaired) electrons. The first kappa shape index (κ1) is 25.5. The summed E-state index contributed by atoms with van der Waals surface area (Å²) in [5.41, 5.74) is 8.77. The van der Waals surface area contributed by atoms with Crippen LogP contribution in [0.2, 0.25) is 0 Å². The summed E-state index contributed by atoms with van der Waals surface area (Å²) in [4.78, 5) is 10.3. The Morgan fingerprint density at radius 3 is 1.85 bits per heavy atom. The predicted octanol–water partition coefficient (Wildman–Crippen LogP) is 11.6. The summed E-state index contributed by atoms with van der Waals surface area (Å²) in [5.74, 6) is 0.699. The van der Waals surface area contributed by atoms with Crippen LogP contribution in [-0.4, -0.2) is 14.4 Å². The fourth-order valence-electron chi connectivity index (χ4n) is 7.25. The number of thiophene rings is 1. The van der Waals surface area contributed by atoms with Crippen LogP contribution in [0, 0.1) is 0 Å². The fraction of sp³-hybridized carbons (Fsp3) is 0. The smallest absolute Gasteiger partial charge is 0.235 e. The third-order valence-corrected chi connectivity index (χ3v) is 10.4. The van der Waals surface area contributed by atoms with Gasteiger partial charge in [0.15, 0.2) is 0 Å². The van der Waals surface area contributed by atoms with Crippen molar-refractivity contribution >= 4 is 69.9 Å². The molecular weight excluding hydrogens is 579 g/mol. The lowest BCUT2D eigenvalue weighted by Gasteiger charge is -2.18. The van der Waals surface area contributed by atoms with Crippen LogP contribution in [0.4, 0.5) is 0 Å². The van der Waals surface area contributed by atoms with E-state index in [4.69, 9.17) is 9.97 Å². The maximum Gasteiger partial charge on any atom is 0.235 e. The van der Waals surface area contributed by atoms with Crippen molar-refractivity contribution in [3.8, 4) is 33.6 Å². The summed E-state index contributed by atoms with van der Waals surface area (Å²) < 4.78 is 4.82. The van der Waals surface area contributed by atoms with E-state index in [1.54, 1.807) is 0 Å². The number of aromatic nitrogens is 3. The van der Waals surface area contributed by atoms with E-state index in [2.05, 4.69) is 150 Å². The molecule has 0 spiro atoms. The van der Waals surface area contributed by atoms with E-state index in [0.717, 1.165) is 33.5 Å². The van der Waals surface area contributed by atoms with E-state index in [-0.39, 0.29) is 0 Å². The third-order valence-electron chi connectivity index (χ3n) is 9.21. The van der Waals surface area contributed by atoms with E-state index in [9.17, 15) is 0 Å². The minimum absolute atomic E-state index is 0.699. The van der Waals surface area contributed by atoms with E-state index >= 15 is 0 Å². The van der Waals surface area contributed by atoms with Crippen molar-refractivity contribution < 1.29 is 0 Å². The number of hydrogen-bond donors (Lipinski definition) is 0. The quantitative estimate of drug-likeness (QED) is 0.188. The number of fused-ring (bicyclic) bond motifs is 8. The summed E-state index contributed by atoms with van der Waals surface area (Å²) in [6.45, 7) is 0. The lowest BCUT2D eigenvalue weighted by molar-refractivity contribution is 1.15. The Kier molecular flexibility index (Phi) is 5.45. The molecule has 4 heteroatoms. The zero-order valence-corrected chi connectivity index (χ0v) is 25.5. The first-order valence-electron chi connectivity index (χ1n) is 15.5. The lowest BCUT2D eigenvalue weighted by Crippen LogP contribution is -1.99. The molecule has 10 aromatic rings. The van der Waals surface area contributed by atoms with Crippen LogP contribution in [0.25, 0.3) is 92.2 Å². The summed E-state index contributed by atoms with van der Waals surface area (Å²) in [6, 6.07) is 54.2. The minimum atomic E-state index is 0.699. The van der Waals surface area contributed by atoms with Gasteiger partial charge in [0.25, 0.3) is 0 Å². The van der Waals surface area contributed by atoms with Gasteiger partial charge in [0.1, 0.15) is 0 Å². The molecule has 3 heterocycles. The second kappa shape index (κ2) is 9.83. The van der Waals surface area contributed by atoms with Crippen LogP contribution >= 0.6 is 11.3 Å². The highest BCUT2D eigenvalue weighted by Gasteiger charge is 2.22. The van der Waals surface area contributed by atoms with Gasteiger partial charge >= 0.3 is 0 Å². The first-order chi connectivity index (χ1) is 22.8. The average molecular weight is 604 g/mol. The molecule has 7 aromatic carbocycles. The second-order valence-electron chi connectivity index (χ2n) is 11.8. The molecule has 46 heavy (non-hydrogen) atoms. The highest BCUT2D eigenvalue weighted by Crippen LogP contribution is 2.47. The molecule has 0 aliphatic carbocycles. The largest absolute Gasteiger partial charge is 0.276 e. The van der Waals surface area contributed by atoms with Crippen LogP contribution in [0.15, 0.2) is 152 Å². The van der Waals surface area contributed by atoms with Crippen molar-refractivity contribution in [2.45, 2.75) is 0 Å². The molecule has 3 nitrogen and oxygen atoms in total. The SMILES string of the molecule is c1ccc(-c2cc(-c3c4ccccc4c(-c4cccc5c4sc4ccccc45)c4ccccc34)nc3nc4ccccc4n23)cc1. The molecule has 0 aliphatic rings. The van der Waals surface area contributed by atoms with E-state index in [1.807, 2.05) is 17.4 Å². The Labute approximate surface area is 268 Å². The molecular formula is C42H25N3S. The molecule has 0 atom stereocenters. The summed E-state index contributed by atoms with van der Waals surface area (Å²) in [6.07, 6.45) is 0. The molecule has 3 aromatic heterocycles. The average Bonchev–Trinajstić information content (AvgIpc) is 3.69. The Bertz CT molecular complexity index is 2750. The molecule has 0 saturated heterocycles. The summed E-state index contributed by atoms with van der Waals surface area (Å²) in [5, 5.41) is 7.42. The van der Waals surface area contributed by atoms with Crippen LogP contribution in [0.1, 0.15) is 0 Å². The van der Waals surface area contributed by atoms with Crippen molar-refractivity contribution in [3.63, 3.8) is 0 Å². The molecule has 0 saturated carbocycles. The Hall–Kier alpha value is -5.84. The van der Waals surface area contributed by atoms with Gasteiger partial charge in [-0.15, -0.1) is 11.3 Å². The van der Waals surface area contributed by atoms with Gasteiger partial charge in [-0.3, -0.25) is 4.40 Å². The topological polar surface area (TPSA) is 30.2 Å². The van der Waals surface area contributed by atoms with Gasteiger partial charge in [0.05, 0.1) is 22.4 Å². The summed E-state index contributed by atoms with van der Waals surface area (Å²) in [7, 11) is 0. The highest BCUT2D eigenvalue weighted by atomic mass is 32.1. The number of para-hydroxylation sites is 2. The van der Waals surface area contributed by atoms with Crippen LogP contribution in [-0.2, 0) is 0 Å². The van der Waals surface area contributed by atoms with Crippen molar-refractivity contribution in [2.75, 3.05) is 0 Å². The van der Waals surface area contributed by atoms with Crippen molar-refractivity contribution in [2.24, 2.45) is 0 Å². The van der Waals surface area contributed by atoms with Crippen molar-refractivity contribution in [1.29, 1.82) is 0 Å². The standard InChI is InChI=1S/C42H25N3S/c1-2-13-26(14-3-1)37-25-35(44-42-43-34-22-9-10-23-36(34)45(37)42)40-30-18-6-4-16-28(30)39(29-17-5-7-19-31(29)40)33-21-12-20-32-27-15-8-11-24-38(27)46-41(32)33/h1-25H. The van der Waals surface area contributed by atoms with E-state index < -0.39 is 0 Å². The molecule has 214 valence electrons. The van der Waals surface area contributed by atoms with Crippen LogP contribution in [0.3, 0.4) is 0 Å². The predicted molar refractivity (Wildman–Crippen MR) is 195 cm³/mol. The van der Waals surface area contributed by atoms with Crippen LogP contribution < -0.4 is 0 Å². The summed E-state index contributed by atoms with van der Waals surface area (Å²) >= 11 is 1.88.